The number of carbonyl (C=O) groups excluding carboxylic acids is 1. The number of benzene rings is 1. The van der Waals surface area contributed by atoms with Gasteiger partial charge in [0, 0.05) is 6.42 Å². The Bertz CT molecular complexity index is 437. The number of alkyl carbamates (subject to hydrolysis) is 1. The van der Waals surface area contributed by atoms with Crippen molar-refractivity contribution in [1.82, 2.24) is 5.32 Å². The van der Waals surface area contributed by atoms with Crippen LogP contribution in [-0.4, -0.2) is 28.9 Å². The molecule has 1 amide bonds. The normalized spacial score (nSPS) is 14.6. The lowest BCUT2D eigenvalue weighted by Crippen LogP contribution is -2.49. The fourth-order valence-electron chi connectivity index (χ4n) is 2.13. The highest BCUT2D eigenvalue weighted by Crippen LogP contribution is 2.14. The van der Waals surface area contributed by atoms with Crippen LogP contribution in [0, 0.1) is 5.92 Å². The zero-order chi connectivity index (χ0) is 16.0. The van der Waals surface area contributed by atoms with Crippen molar-refractivity contribution in [2.45, 2.75) is 58.8 Å². The summed E-state index contributed by atoms with van der Waals surface area (Å²) in [6, 6.07) is 9.40. The molecule has 0 spiro atoms. The van der Waals surface area contributed by atoms with E-state index in [9.17, 15) is 9.90 Å². The van der Waals surface area contributed by atoms with Crippen molar-refractivity contribution >= 4 is 6.09 Å². The SMILES string of the molecule is CC(C)[C@H](NC(=O)OC(C)(C)C)C(O)Cc1ccccc1. The molecule has 2 N–H and O–H groups in total. The molecular formula is C17H27NO3. The van der Waals surface area contributed by atoms with Crippen LogP contribution in [0.4, 0.5) is 4.79 Å². The monoisotopic (exact) mass is 293 g/mol. The second-order valence-corrected chi connectivity index (χ2v) is 6.67. The number of nitrogens with one attached hydrogen (secondary N) is 1. The maximum Gasteiger partial charge on any atom is 0.407 e. The summed E-state index contributed by atoms with van der Waals surface area (Å²) in [5.74, 6) is 0.108. The lowest BCUT2D eigenvalue weighted by Gasteiger charge is -2.29. The zero-order valence-electron chi connectivity index (χ0n) is 13.6. The molecule has 2 atom stereocenters. The predicted octanol–water partition coefficient (Wildman–Crippen LogP) is 3.14. The fraction of sp³-hybridized carbons (Fsp3) is 0.588. The Kier molecular flexibility index (Phi) is 6.21. The highest BCUT2D eigenvalue weighted by molar-refractivity contribution is 5.68. The van der Waals surface area contributed by atoms with Gasteiger partial charge in [0.1, 0.15) is 5.60 Å². The summed E-state index contributed by atoms with van der Waals surface area (Å²) in [6.45, 7) is 9.39. The van der Waals surface area contributed by atoms with E-state index in [1.54, 1.807) is 0 Å². The van der Waals surface area contributed by atoms with E-state index >= 15 is 0 Å². The number of aliphatic hydroxyl groups is 1. The molecule has 1 rings (SSSR count). The van der Waals surface area contributed by atoms with Crippen LogP contribution in [0.1, 0.15) is 40.2 Å². The first kappa shape index (κ1) is 17.5. The molecule has 0 bridgehead atoms. The largest absolute Gasteiger partial charge is 0.444 e. The molecule has 0 heterocycles. The smallest absolute Gasteiger partial charge is 0.407 e. The van der Waals surface area contributed by atoms with Crippen LogP contribution in [0.5, 0.6) is 0 Å². The number of carbonyl (C=O) groups is 1. The van der Waals surface area contributed by atoms with E-state index in [4.69, 9.17) is 4.74 Å². The topological polar surface area (TPSA) is 58.6 Å². The summed E-state index contributed by atoms with van der Waals surface area (Å²) in [5.41, 5.74) is 0.498. The molecule has 1 aromatic rings. The van der Waals surface area contributed by atoms with E-state index in [0.29, 0.717) is 6.42 Å². The van der Waals surface area contributed by atoms with Crippen molar-refractivity contribution in [2.24, 2.45) is 5.92 Å². The minimum atomic E-state index is -0.653. The lowest BCUT2D eigenvalue weighted by atomic mass is 9.94. The highest BCUT2D eigenvalue weighted by atomic mass is 16.6. The average molecular weight is 293 g/mol. The van der Waals surface area contributed by atoms with E-state index in [1.807, 2.05) is 65.0 Å². The number of hydrogen-bond acceptors (Lipinski definition) is 3. The maximum atomic E-state index is 11.9. The minimum Gasteiger partial charge on any atom is -0.444 e. The predicted molar refractivity (Wildman–Crippen MR) is 84.1 cm³/mol. The van der Waals surface area contributed by atoms with Gasteiger partial charge in [-0.2, -0.15) is 0 Å². The summed E-state index contributed by atoms with van der Waals surface area (Å²) in [5, 5.41) is 13.2. The summed E-state index contributed by atoms with van der Waals surface area (Å²) >= 11 is 0. The van der Waals surface area contributed by atoms with Gasteiger partial charge in [0.05, 0.1) is 12.1 Å². The Labute approximate surface area is 127 Å². The van der Waals surface area contributed by atoms with E-state index in [0.717, 1.165) is 5.56 Å². The second-order valence-electron chi connectivity index (χ2n) is 6.67. The van der Waals surface area contributed by atoms with Gasteiger partial charge in [-0.1, -0.05) is 44.2 Å². The molecule has 0 aliphatic rings. The molecule has 0 aromatic heterocycles. The van der Waals surface area contributed by atoms with Gasteiger partial charge >= 0.3 is 6.09 Å². The van der Waals surface area contributed by atoms with Crippen LogP contribution in [0.2, 0.25) is 0 Å². The first-order valence-electron chi connectivity index (χ1n) is 7.40. The van der Waals surface area contributed by atoms with Crippen LogP contribution >= 0.6 is 0 Å². The molecule has 0 saturated heterocycles. The van der Waals surface area contributed by atoms with Gasteiger partial charge in [-0.25, -0.2) is 4.79 Å². The summed E-state index contributed by atoms with van der Waals surface area (Å²) in [4.78, 5) is 11.9. The standard InChI is InChI=1S/C17H27NO3/c1-12(2)15(18-16(20)21-17(3,4)5)14(19)11-13-9-7-6-8-10-13/h6-10,12,14-15,19H,11H2,1-5H3,(H,18,20)/t14?,15-/m0/s1. The molecule has 0 saturated carbocycles. The minimum absolute atomic E-state index is 0.108. The van der Waals surface area contributed by atoms with Crippen molar-refractivity contribution in [3.63, 3.8) is 0 Å². The first-order valence-corrected chi connectivity index (χ1v) is 7.40. The summed E-state index contributed by atoms with van der Waals surface area (Å²) in [7, 11) is 0. The Morgan fingerprint density at radius 2 is 1.81 bits per heavy atom. The van der Waals surface area contributed by atoms with E-state index in [-0.39, 0.29) is 12.0 Å². The van der Waals surface area contributed by atoms with Crippen LogP contribution in [0.15, 0.2) is 30.3 Å². The van der Waals surface area contributed by atoms with Crippen LogP contribution in [-0.2, 0) is 11.2 Å². The van der Waals surface area contributed by atoms with Crippen molar-refractivity contribution in [1.29, 1.82) is 0 Å². The molecule has 0 fully saturated rings. The fourth-order valence-corrected chi connectivity index (χ4v) is 2.13. The van der Waals surface area contributed by atoms with Crippen LogP contribution in [0.25, 0.3) is 0 Å². The third kappa shape index (κ3) is 6.63. The molecule has 4 heteroatoms. The number of ether oxygens (including phenoxy) is 1. The molecule has 21 heavy (non-hydrogen) atoms. The maximum absolute atomic E-state index is 11.9. The van der Waals surface area contributed by atoms with Gasteiger partial charge < -0.3 is 15.2 Å². The highest BCUT2D eigenvalue weighted by Gasteiger charge is 2.27. The summed E-state index contributed by atoms with van der Waals surface area (Å²) < 4.78 is 5.26. The third-order valence-electron chi connectivity index (χ3n) is 3.10. The van der Waals surface area contributed by atoms with Crippen LogP contribution < -0.4 is 5.32 Å². The van der Waals surface area contributed by atoms with E-state index in [1.165, 1.54) is 0 Å². The Morgan fingerprint density at radius 3 is 2.29 bits per heavy atom. The van der Waals surface area contributed by atoms with Crippen molar-refractivity contribution in [2.75, 3.05) is 0 Å². The zero-order valence-corrected chi connectivity index (χ0v) is 13.6. The van der Waals surface area contributed by atoms with Crippen molar-refractivity contribution in [3.05, 3.63) is 35.9 Å². The molecular weight excluding hydrogens is 266 g/mol. The van der Waals surface area contributed by atoms with Gasteiger partial charge in [0.2, 0.25) is 0 Å². The molecule has 4 nitrogen and oxygen atoms in total. The Morgan fingerprint density at radius 1 is 1.24 bits per heavy atom. The van der Waals surface area contributed by atoms with Crippen molar-refractivity contribution in [3.8, 4) is 0 Å². The van der Waals surface area contributed by atoms with Gasteiger partial charge in [-0.3, -0.25) is 0 Å². The molecule has 0 aliphatic heterocycles. The number of aliphatic hydroxyl groups excluding tert-OH is 1. The Balaban J connectivity index is 2.66. The van der Waals surface area contributed by atoms with Crippen LogP contribution in [0.3, 0.4) is 0 Å². The number of hydrogen-bond donors (Lipinski definition) is 2. The molecule has 1 aromatic carbocycles. The summed E-state index contributed by atoms with van der Waals surface area (Å²) in [6.07, 6.45) is -0.646. The average Bonchev–Trinajstić information content (AvgIpc) is 2.34. The van der Waals surface area contributed by atoms with Crippen molar-refractivity contribution < 1.29 is 14.6 Å². The van der Waals surface area contributed by atoms with E-state index in [2.05, 4.69) is 5.32 Å². The van der Waals surface area contributed by atoms with Gasteiger partial charge in [-0.15, -0.1) is 0 Å². The first-order chi connectivity index (χ1) is 9.69. The van der Waals surface area contributed by atoms with E-state index < -0.39 is 17.8 Å². The molecule has 0 aliphatic carbocycles. The Hall–Kier alpha value is -1.55. The third-order valence-corrected chi connectivity index (χ3v) is 3.10. The molecule has 0 radical (unpaired) electrons. The number of rotatable bonds is 5. The second kappa shape index (κ2) is 7.46. The lowest BCUT2D eigenvalue weighted by molar-refractivity contribution is 0.0376. The van der Waals surface area contributed by atoms with Gasteiger partial charge in [-0.05, 0) is 32.3 Å². The molecule has 118 valence electrons. The molecule has 1 unspecified atom stereocenters. The van der Waals surface area contributed by atoms with Gasteiger partial charge in [0.25, 0.3) is 0 Å². The quantitative estimate of drug-likeness (QED) is 0.877. The number of amides is 1. The van der Waals surface area contributed by atoms with Gasteiger partial charge in [0.15, 0.2) is 0 Å².